The predicted octanol–water partition coefficient (Wildman–Crippen LogP) is 0.729. The van der Waals surface area contributed by atoms with E-state index in [1.165, 1.54) is 32.1 Å². The van der Waals surface area contributed by atoms with Gasteiger partial charge in [0.2, 0.25) is 5.91 Å². The highest BCUT2D eigenvalue weighted by atomic mass is 16.4. The highest BCUT2D eigenvalue weighted by Gasteiger charge is 2.48. The lowest BCUT2D eigenvalue weighted by Crippen LogP contribution is -2.58. The summed E-state index contributed by atoms with van der Waals surface area (Å²) in [5.41, 5.74) is 5.63. The Labute approximate surface area is 112 Å². The largest absolute Gasteiger partial charge is 0.481 e. The van der Waals surface area contributed by atoms with Crippen molar-refractivity contribution in [1.82, 2.24) is 5.32 Å². The smallest absolute Gasteiger partial charge is 0.305 e. The van der Waals surface area contributed by atoms with Gasteiger partial charge in [-0.1, -0.05) is 0 Å². The highest BCUT2D eigenvalue weighted by molar-refractivity contribution is 5.86. The van der Waals surface area contributed by atoms with Crippen LogP contribution in [0.1, 0.15) is 38.5 Å². The molecule has 0 radical (unpaired) electrons. The molecule has 106 valence electrons. The number of hydrogen-bond donors (Lipinski definition) is 3. The number of amides is 1. The molecular formula is C14H22N2O3. The highest BCUT2D eigenvalue weighted by Crippen LogP contribution is 2.53. The van der Waals surface area contributed by atoms with Crippen molar-refractivity contribution in [2.24, 2.45) is 29.4 Å². The fourth-order valence-corrected chi connectivity index (χ4v) is 4.71. The minimum absolute atomic E-state index is 0.236. The Morgan fingerprint density at radius 3 is 2.11 bits per heavy atom. The van der Waals surface area contributed by atoms with E-state index < -0.39 is 12.0 Å². The van der Waals surface area contributed by atoms with E-state index in [0.29, 0.717) is 11.8 Å². The molecule has 0 aromatic carbocycles. The summed E-state index contributed by atoms with van der Waals surface area (Å²) in [5.74, 6) is 1.61. The van der Waals surface area contributed by atoms with E-state index in [9.17, 15) is 9.59 Å². The maximum absolute atomic E-state index is 12.0. The Morgan fingerprint density at radius 1 is 1.11 bits per heavy atom. The molecule has 1 atom stereocenters. The number of carboxylic acids is 1. The van der Waals surface area contributed by atoms with Crippen LogP contribution in [0.3, 0.4) is 0 Å². The fourth-order valence-electron chi connectivity index (χ4n) is 4.71. The average Bonchev–Trinajstić information content (AvgIpc) is 2.31. The van der Waals surface area contributed by atoms with Crippen molar-refractivity contribution in [1.29, 1.82) is 0 Å². The number of aliphatic carboxylic acids is 1. The van der Waals surface area contributed by atoms with Crippen molar-refractivity contribution in [3.63, 3.8) is 0 Å². The second kappa shape index (κ2) is 4.78. The van der Waals surface area contributed by atoms with Crippen LogP contribution in [0.5, 0.6) is 0 Å². The molecule has 0 aromatic heterocycles. The van der Waals surface area contributed by atoms with Gasteiger partial charge in [0.15, 0.2) is 0 Å². The normalized spacial score (nSPS) is 41.0. The number of hydrogen-bond acceptors (Lipinski definition) is 3. The first kappa shape index (κ1) is 12.9. The molecule has 0 saturated heterocycles. The van der Waals surface area contributed by atoms with Crippen molar-refractivity contribution in [2.75, 3.05) is 0 Å². The van der Waals surface area contributed by atoms with Crippen LogP contribution in [-0.4, -0.2) is 29.1 Å². The molecule has 4 rings (SSSR count). The van der Waals surface area contributed by atoms with E-state index in [1.807, 2.05) is 0 Å². The second-order valence-corrected chi connectivity index (χ2v) is 6.67. The van der Waals surface area contributed by atoms with Crippen molar-refractivity contribution in [3.8, 4) is 0 Å². The maximum atomic E-state index is 12.0. The first-order valence-corrected chi connectivity index (χ1v) is 7.30. The zero-order valence-corrected chi connectivity index (χ0v) is 11.0. The van der Waals surface area contributed by atoms with Gasteiger partial charge in [0.05, 0.1) is 12.5 Å². The zero-order valence-electron chi connectivity index (χ0n) is 11.0. The summed E-state index contributed by atoms with van der Waals surface area (Å²) in [6, 6.07) is -0.685. The molecule has 5 heteroatoms. The lowest BCUT2D eigenvalue weighted by Gasteiger charge is -2.54. The summed E-state index contributed by atoms with van der Waals surface area (Å²) >= 11 is 0. The van der Waals surface area contributed by atoms with Crippen molar-refractivity contribution in [2.45, 2.75) is 50.6 Å². The number of carboxylic acid groups (broad SMARTS) is 1. The molecule has 0 aromatic rings. The number of nitrogens with one attached hydrogen (secondary N) is 1. The molecule has 0 heterocycles. The number of nitrogens with two attached hydrogens (primary N) is 1. The lowest BCUT2D eigenvalue weighted by molar-refractivity contribution is -0.140. The molecule has 0 aliphatic heterocycles. The molecular weight excluding hydrogens is 244 g/mol. The Bertz CT molecular complexity index is 368. The van der Waals surface area contributed by atoms with E-state index in [1.54, 1.807) is 0 Å². The van der Waals surface area contributed by atoms with Gasteiger partial charge < -0.3 is 16.2 Å². The third-order valence-electron chi connectivity index (χ3n) is 5.27. The Kier molecular flexibility index (Phi) is 3.25. The summed E-state index contributed by atoms with van der Waals surface area (Å²) in [6.45, 7) is 0. The van der Waals surface area contributed by atoms with Gasteiger partial charge in [-0.2, -0.15) is 0 Å². The van der Waals surface area contributed by atoms with E-state index in [2.05, 4.69) is 5.32 Å². The molecule has 4 aliphatic rings. The van der Waals surface area contributed by atoms with Crippen LogP contribution in [0.25, 0.3) is 0 Å². The summed E-state index contributed by atoms with van der Waals surface area (Å²) in [7, 11) is 0. The number of carbonyl (C=O) groups is 2. The molecule has 0 spiro atoms. The quantitative estimate of drug-likeness (QED) is 0.699. The zero-order chi connectivity index (χ0) is 13.6. The third kappa shape index (κ3) is 2.48. The summed E-state index contributed by atoms with van der Waals surface area (Å²) in [5, 5.41) is 11.7. The third-order valence-corrected chi connectivity index (χ3v) is 5.27. The van der Waals surface area contributed by atoms with Crippen LogP contribution in [0.15, 0.2) is 0 Å². The minimum atomic E-state index is -1.02. The van der Waals surface area contributed by atoms with Crippen LogP contribution in [0.4, 0.5) is 0 Å². The predicted molar refractivity (Wildman–Crippen MR) is 69.2 cm³/mol. The van der Waals surface area contributed by atoms with Crippen LogP contribution in [-0.2, 0) is 9.59 Å². The van der Waals surface area contributed by atoms with E-state index in [4.69, 9.17) is 10.8 Å². The van der Waals surface area contributed by atoms with Crippen molar-refractivity contribution >= 4 is 11.9 Å². The lowest BCUT2D eigenvalue weighted by atomic mass is 9.54. The molecule has 0 unspecified atom stereocenters. The van der Waals surface area contributed by atoms with Gasteiger partial charge in [0.25, 0.3) is 0 Å². The Hall–Kier alpha value is -1.10. The molecule has 4 saturated carbocycles. The Morgan fingerprint density at radius 2 is 1.63 bits per heavy atom. The van der Waals surface area contributed by atoms with Crippen LogP contribution >= 0.6 is 0 Å². The minimum Gasteiger partial charge on any atom is -0.481 e. The van der Waals surface area contributed by atoms with Crippen LogP contribution in [0, 0.1) is 23.7 Å². The first-order chi connectivity index (χ1) is 9.02. The fraction of sp³-hybridized carbons (Fsp3) is 0.857. The average molecular weight is 266 g/mol. The SMILES string of the molecule is N[C@@H](CC(=O)O)C(=O)NC1C2CC3CC(C2)CC1C3. The summed E-state index contributed by atoms with van der Waals surface area (Å²) < 4.78 is 0. The van der Waals surface area contributed by atoms with Crippen molar-refractivity contribution in [3.05, 3.63) is 0 Å². The van der Waals surface area contributed by atoms with Gasteiger partial charge in [0.1, 0.15) is 0 Å². The molecule has 4 N–H and O–H groups in total. The molecule has 19 heavy (non-hydrogen) atoms. The second-order valence-electron chi connectivity index (χ2n) is 6.67. The summed E-state index contributed by atoms with van der Waals surface area (Å²) in [4.78, 5) is 22.6. The van der Waals surface area contributed by atoms with Crippen LogP contribution < -0.4 is 11.1 Å². The summed E-state index contributed by atoms with van der Waals surface area (Å²) in [6.07, 6.45) is 6.00. The number of rotatable bonds is 4. The van der Waals surface area contributed by atoms with E-state index in [-0.39, 0.29) is 18.4 Å². The van der Waals surface area contributed by atoms with Gasteiger partial charge in [-0.25, -0.2) is 0 Å². The molecule has 4 fully saturated rings. The van der Waals surface area contributed by atoms with Gasteiger partial charge in [0, 0.05) is 6.04 Å². The van der Waals surface area contributed by atoms with Gasteiger partial charge >= 0.3 is 5.97 Å². The van der Waals surface area contributed by atoms with Gasteiger partial charge in [-0.3, -0.25) is 9.59 Å². The van der Waals surface area contributed by atoms with Gasteiger partial charge in [-0.05, 0) is 55.8 Å². The number of carbonyl (C=O) groups excluding carboxylic acids is 1. The molecule has 4 bridgehead atoms. The van der Waals surface area contributed by atoms with Crippen molar-refractivity contribution < 1.29 is 14.7 Å². The molecule has 1 amide bonds. The van der Waals surface area contributed by atoms with Crippen LogP contribution in [0.2, 0.25) is 0 Å². The first-order valence-electron chi connectivity index (χ1n) is 7.30. The maximum Gasteiger partial charge on any atom is 0.305 e. The standard InChI is InChI=1S/C14H22N2O3/c15-11(6-12(17)18)14(19)16-13-9-2-7-1-8(4-9)5-10(13)3-7/h7-11,13H,1-6,15H2,(H,16,19)(H,17,18)/t7?,8?,9?,10?,11-,13?/m0/s1. The Balaban J connectivity index is 1.61. The molecule has 5 nitrogen and oxygen atoms in total. The van der Waals surface area contributed by atoms with Gasteiger partial charge in [-0.15, -0.1) is 0 Å². The van der Waals surface area contributed by atoms with E-state index >= 15 is 0 Å². The monoisotopic (exact) mass is 266 g/mol. The topological polar surface area (TPSA) is 92.4 Å². The molecule has 4 aliphatic carbocycles. The van der Waals surface area contributed by atoms with E-state index in [0.717, 1.165) is 11.8 Å².